The summed E-state index contributed by atoms with van der Waals surface area (Å²) in [5.41, 5.74) is 3.68. The third kappa shape index (κ3) is 5.27. The second-order valence-corrected chi connectivity index (χ2v) is 11.8. The minimum atomic E-state index is 0.0510. The van der Waals surface area contributed by atoms with E-state index in [0.717, 1.165) is 47.7 Å². The fourth-order valence-electron chi connectivity index (χ4n) is 4.90. The van der Waals surface area contributed by atoms with E-state index in [4.69, 9.17) is 4.74 Å². The number of thiophene rings is 1. The molecule has 0 spiro atoms. The van der Waals surface area contributed by atoms with Crippen LogP contribution in [0, 0.1) is 0 Å². The van der Waals surface area contributed by atoms with Crippen LogP contribution in [0.5, 0.6) is 0 Å². The van der Waals surface area contributed by atoms with Gasteiger partial charge in [-0.05, 0) is 36.4 Å². The highest BCUT2D eigenvalue weighted by Crippen LogP contribution is 2.38. The van der Waals surface area contributed by atoms with Crippen molar-refractivity contribution in [3.05, 3.63) is 102 Å². The van der Waals surface area contributed by atoms with Crippen LogP contribution in [0.1, 0.15) is 9.67 Å². The lowest BCUT2D eigenvalue weighted by molar-refractivity contribution is 0.0306. The maximum Gasteiger partial charge on any atom is 0.264 e. The summed E-state index contributed by atoms with van der Waals surface area (Å²) in [6.07, 6.45) is 1.80. The number of rotatable bonds is 6. The molecule has 4 heterocycles. The Morgan fingerprint density at radius 2 is 1.63 bits per heavy atom. The van der Waals surface area contributed by atoms with E-state index >= 15 is 0 Å². The average Bonchev–Trinajstić information content (AvgIpc) is 3.48. The zero-order chi connectivity index (χ0) is 27.6. The van der Waals surface area contributed by atoms with Gasteiger partial charge in [-0.1, -0.05) is 66.4 Å². The van der Waals surface area contributed by atoms with Crippen molar-refractivity contribution in [2.45, 2.75) is 9.79 Å². The van der Waals surface area contributed by atoms with Crippen LogP contribution in [0.15, 0.2) is 107 Å². The Bertz CT molecular complexity index is 1850. The predicted octanol–water partition coefficient (Wildman–Crippen LogP) is 7.27. The van der Waals surface area contributed by atoms with Gasteiger partial charge in [-0.3, -0.25) is 9.78 Å². The lowest BCUT2D eigenvalue weighted by Crippen LogP contribution is -2.40. The first-order valence-electron chi connectivity index (χ1n) is 13.3. The van der Waals surface area contributed by atoms with E-state index in [0.29, 0.717) is 37.0 Å². The summed E-state index contributed by atoms with van der Waals surface area (Å²) in [6, 6.07) is 30.5. The zero-order valence-corrected chi connectivity index (χ0v) is 23.6. The summed E-state index contributed by atoms with van der Waals surface area (Å²) in [5, 5.41) is 14.6. The van der Waals surface area contributed by atoms with E-state index in [9.17, 15) is 4.79 Å². The molecule has 1 saturated heterocycles. The number of anilines is 2. The van der Waals surface area contributed by atoms with Crippen molar-refractivity contribution >= 4 is 61.5 Å². The summed E-state index contributed by atoms with van der Waals surface area (Å²) >= 11 is 3.17. The lowest BCUT2D eigenvalue weighted by Gasteiger charge is -2.26. The van der Waals surface area contributed by atoms with Gasteiger partial charge in [-0.15, -0.1) is 21.5 Å². The van der Waals surface area contributed by atoms with Gasteiger partial charge in [0.1, 0.15) is 5.69 Å². The van der Waals surface area contributed by atoms with Gasteiger partial charge in [0.2, 0.25) is 0 Å². The number of carbonyl (C=O) groups excluding carboxylic acids is 1. The number of nitrogens with one attached hydrogen (secondary N) is 1. The summed E-state index contributed by atoms with van der Waals surface area (Å²) < 4.78 is 6.42. The molecule has 0 aliphatic carbocycles. The van der Waals surface area contributed by atoms with Crippen LogP contribution in [0.4, 0.5) is 11.5 Å². The lowest BCUT2D eigenvalue weighted by atomic mass is 10.0. The van der Waals surface area contributed by atoms with Crippen LogP contribution in [0.2, 0.25) is 0 Å². The minimum absolute atomic E-state index is 0.0510. The SMILES string of the molecule is O=C(c1cc2nccc(Sc3ccc(Nc4nnc(-c5ccccc5)c5ccccc45)cc3)c2s1)N1CCOCC1. The Hall–Kier alpha value is -4.31. The molecule has 41 heavy (non-hydrogen) atoms. The maximum absolute atomic E-state index is 13.0. The number of amides is 1. The van der Waals surface area contributed by atoms with Crippen LogP contribution in [-0.2, 0) is 4.74 Å². The minimum Gasteiger partial charge on any atom is -0.378 e. The molecule has 7 nitrogen and oxygen atoms in total. The highest BCUT2D eigenvalue weighted by molar-refractivity contribution is 7.99. The number of morpholine rings is 1. The Labute approximate surface area is 245 Å². The van der Waals surface area contributed by atoms with Crippen molar-refractivity contribution in [2.75, 3.05) is 31.6 Å². The monoisotopic (exact) mass is 575 g/mol. The van der Waals surface area contributed by atoms with E-state index in [1.165, 1.54) is 11.3 Å². The van der Waals surface area contributed by atoms with Crippen molar-refractivity contribution in [1.29, 1.82) is 0 Å². The Morgan fingerprint density at radius 1 is 0.878 bits per heavy atom. The van der Waals surface area contributed by atoms with Crippen molar-refractivity contribution in [2.24, 2.45) is 0 Å². The second kappa shape index (κ2) is 11.3. The largest absolute Gasteiger partial charge is 0.378 e. The molecule has 3 aromatic heterocycles. The van der Waals surface area contributed by atoms with E-state index in [1.54, 1.807) is 18.0 Å². The van der Waals surface area contributed by atoms with E-state index in [2.05, 4.69) is 56.9 Å². The number of hydrogen-bond acceptors (Lipinski definition) is 8. The first-order chi connectivity index (χ1) is 20.2. The van der Waals surface area contributed by atoms with E-state index in [-0.39, 0.29) is 5.91 Å². The molecule has 7 rings (SSSR count). The molecule has 3 aromatic carbocycles. The number of carbonyl (C=O) groups is 1. The molecule has 1 fully saturated rings. The van der Waals surface area contributed by atoms with Crippen LogP contribution in [-0.4, -0.2) is 52.3 Å². The van der Waals surface area contributed by atoms with Gasteiger partial charge in [-0.2, -0.15) is 0 Å². The molecule has 0 atom stereocenters. The van der Waals surface area contributed by atoms with Gasteiger partial charge in [0.15, 0.2) is 5.82 Å². The summed E-state index contributed by atoms with van der Waals surface area (Å²) in [7, 11) is 0. The van der Waals surface area contributed by atoms with E-state index in [1.807, 2.05) is 59.5 Å². The predicted molar refractivity (Wildman–Crippen MR) is 165 cm³/mol. The number of fused-ring (bicyclic) bond motifs is 2. The zero-order valence-electron chi connectivity index (χ0n) is 22.0. The molecule has 1 N–H and O–H groups in total. The summed E-state index contributed by atoms with van der Waals surface area (Å²) in [4.78, 5) is 22.3. The first-order valence-corrected chi connectivity index (χ1v) is 15.0. The van der Waals surface area contributed by atoms with Crippen molar-refractivity contribution < 1.29 is 9.53 Å². The second-order valence-electron chi connectivity index (χ2n) is 9.60. The smallest absolute Gasteiger partial charge is 0.264 e. The topological polar surface area (TPSA) is 80.2 Å². The highest BCUT2D eigenvalue weighted by Gasteiger charge is 2.21. The van der Waals surface area contributed by atoms with Gasteiger partial charge < -0.3 is 15.0 Å². The van der Waals surface area contributed by atoms with Crippen LogP contribution in [0.25, 0.3) is 32.2 Å². The van der Waals surface area contributed by atoms with Gasteiger partial charge >= 0.3 is 0 Å². The quantitative estimate of drug-likeness (QED) is 0.224. The molecule has 0 saturated carbocycles. The van der Waals surface area contributed by atoms with E-state index < -0.39 is 0 Å². The number of ether oxygens (including phenoxy) is 1. The first kappa shape index (κ1) is 25.6. The van der Waals surface area contributed by atoms with Crippen molar-refractivity contribution in [1.82, 2.24) is 20.1 Å². The fourth-order valence-corrected chi connectivity index (χ4v) is 6.99. The van der Waals surface area contributed by atoms with Crippen LogP contribution in [0.3, 0.4) is 0 Å². The number of nitrogens with zero attached hydrogens (tertiary/aromatic N) is 4. The number of hydrogen-bond donors (Lipinski definition) is 1. The molecule has 0 radical (unpaired) electrons. The number of aromatic nitrogens is 3. The van der Waals surface area contributed by atoms with Gasteiger partial charge in [0.25, 0.3) is 5.91 Å². The Morgan fingerprint density at radius 3 is 2.44 bits per heavy atom. The molecule has 1 amide bonds. The van der Waals surface area contributed by atoms with Gasteiger partial charge in [0, 0.05) is 51.1 Å². The Kier molecular flexibility index (Phi) is 7.06. The third-order valence-electron chi connectivity index (χ3n) is 6.96. The molecular weight excluding hydrogens is 551 g/mol. The third-order valence-corrected chi connectivity index (χ3v) is 9.31. The molecular formula is C32H25N5O2S2. The summed E-state index contributed by atoms with van der Waals surface area (Å²) in [6.45, 7) is 2.42. The number of benzene rings is 3. The molecule has 0 bridgehead atoms. The van der Waals surface area contributed by atoms with Crippen molar-refractivity contribution in [3.63, 3.8) is 0 Å². The maximum atomic E-state index is 13.0. The average molecular weight is 576 g/mol. The van der Waals surface area contributed by atoms with Crippen LogP contribution >= 0.6 is 23.1 Å². The van der Waals surface area contributed by atoms with Crippen LogP contribution < -0.4 is 5.32 Å². The normalized spacial score (nSPS) is 13.5. The van der Waals surface area contributed by atoms with Gasteiger partial charge in [0.05, 0.1) is 28.3 Å². The molecule has 202 valence electrons. The molecule has 6 aromatic rings. The van der Waals surface area contributed by atoms with Crippen molar-refractivity contribution in [3.8, 4) is 11.3 Å². The standard InChI is InChI=1S/C32H25N5O2S2/c38-32(37-16-18-39-19-17-37)28-20-26-30(41-28)27(14-15-33-26)40-23-12-10-22(11-13-23)34-31-25-9-5-4-8-24(25)29(35-36-31)21-6-2-1-3-7-21/h1-15,20H,16-19H2,(H,34,36). The highest BCUT2D eigenvalue weighted by atomic mass is 32.2. The molecule has 0 unspecified atom stereocenters. The Balaban J connectivity index is 1.11. The van der Waals surface area contributed by atoms with Gasteiger partial charge in [-0.25, -0.2) is 0 Å². The molecule has 1 aliphatic heterocycles. The number of pyridine rings is 1. The molecule has 1 aliphatic rings. The summed E-state index contributed by atoms with van der Waals surface area (Å²) in [5.74, 6) is 0.766. The molecule has 9 heteroatoms. The fraction of sp³-hybridized carbons (Fsp3) is 0.125.